The van der Waals surface area contributed by atoms with Crippen molar-refractivity contribution in [2.75, 3.05) is 13.6 Å². The van der Waals surface area contributed by atoms with Crippen LogP contribution < -0.4 is 4.74 Å². The first kappa shape index (κ1) is 12.3. The highest BCUT2D eigenvalue weighted by molar-refractivity contribution is 5.88. The standard InChI is InChI=1S/C12H12FNO4/c1-14-5-4-10(11(14)15)18-7-2-3-8(12(16)17)9(13)6-7/h2-3,6,10H,4-5H2,1H3,(H,16,17). The Balaban J connectivity index is 2.14. The van der Waals surface area contributed by atoms with E-state index in [9.17, 15) is 14.0 Å². The van der Waals surface area contributed by atoms with Gasteiger partial charge in [0.15, 0.2) is 6.10 Å². The van der Waals surface area contributed by atoms with Crippen LogP contribution in [0.25, 0.3) is 0 Å². The molecular weight excluding hydrogens is 241 g/mol. The summed E-state index contributed by atoms with van der Waals surface area (Å²) in [5.41, 5.74) is -0.419. The number of likely N-dealkylation sites (N-methyl/N-ethyl adjacent to an activating group) is 1. The van der Waals surface area contributed by atoms with Crippen LogP contribution in [0.1, 0.15) is 16.8 Å². The lowest BCUT2D eigenvalue weighted by atomic mass is 10.2. The first-order valence-electron chi connectivity index (χ1n) is 5.43. The number of halogens is 1. The van der Waals surface area contributed by atoms with E-state index in [4.69, 9.17) is 9.84 Å². The van der Waals surface area contributed by atoms with Crippen LogP contribution >= 0.6 is 0 Å². The van der Waals surface area contributed by atoms with Crippen LogP contribution in [0.3, 0.4) is 0 Å². The SMILES string of the molecule is CN1CCC(Oc2ccc(C(=O)O)c(F)c2)C1=O. The summed E-state index contributed by atoms with van der Waals surface area (Å²) < 4.78 is 18.7. The minimum atomic E-state index is -1.34. The van der Waals surface area contributed by atoms with Gasteiger partial charge in [0.1, 0.15) is 11.6 Å². The van der Waals surface area contributed by atoms with E-state index < -0.39 is 23.5 Å². The summed E-state index contributed by atoms with van der Waals surface area (Å²) >= 11 is 0. The Morgan fingerprint density at radius 2 is 2.28 bits per heavy atom. The number of carboxylic acid groups (broad SMARTS) is 1. The number of ether oxygens (including phenoxy) is 1. The van der Waals surface area contributed by atoms with E-state index in [1.54, 1.807) is 7.05 Å². The number of rotatable bonds is 3. The first-order chi connectivity index (χ1) is 8.49. The number of carbonyl (C=O) groups is 2. The average Bonchev–Trinajstić information content (AvgIpc) is 2.61. The summed E-state index contributed by atoms with van der Waals surface area (Å²) in [4.78, 5) is 23.7. The van der Waals surface area contributed by atoms with Crippen molar-refractivity contribution >= 4 is 11.9 Å². The van der Waals surface area contributed by atoms with Gasteiger partial charge in [0.25, 0.3) is 5.91 Å². The lowest BCUT2D eigenvalue weighted by Crippen LogP contribution is -2.29. The molecule has 96 valence electrons. The van der Waals surface area contributed by atoms with Crippen LogP contribution in [0.15, 0.2) is 18.2 Å². The fourth-order valence-electron chi connectivity index (χ4n) is 1.81. The Hall–Kier alpha value is -2.11. The molecule has 0 saturated carbocycles. The average molecular weight is 253 g/mol. The van der Waals surface area contributed by atoms with E-state index in [0.29, 0.717) is 13.0 Å². The number of hydrogen-bond acceptors (Lipinski definition) is 3. The van der Waals surface area contributed by atoms with E-state index >= 15 is 0 Å². The second kappa shape index (κ2) is 4.64. The van der Waals surface area contributed by atoms with Crippen molar-refractivity contribution in [3.05, 3.63) is 29.6 Å². The number of hydrogen-bond donors (Lipinski definition) is 1. The molecule has 2 rings (SSSR count). The molecule has 0 aliphatic carbocycles. The zero-order valence-electron chi connectivity index (χ0n) is 9.72. The summed E-state index contributed by atoms with van der Waals surface area (Å²) in [6, 6.07) is 3.45. The first-order valence-corrected chi connectivity index (χ1v) is 5.43. The smallest absolute Gasteiger partial charge is 0.338 e. The van der Waals surface area contributed by atoms with Crippen molar-refractivity contribution in [2.45, 2.75) is 12.5 Å². The molecule has 1 aliphatic rings. The van der Waals surface area contributed by atoms with Crippen molar-refractivity contribution in [2.24, 2.45) is 0 Å². The lowest BCUT2D eigenvalue weighted by Gasteiger charge is -2.13. The lowest BCUT2D eigenvalue weighted by molar-refractivity contribution is -0.132. The van der Waals surface area contributed by atoms with Gasteiger partial charge < -0.3 is 14.7 Å². The number of carboxylic acids is 1. The normalized spacial score (nSPS) is 19.1. The Morgan fingerprint density at radius 3 is 2.78 bits per heavy atom. The molecule has 5 nitrogen and oxygen atoms in total. The molecule has 0 bridgehead atoms. The third kappa shape index (κ3) is 2.27. The fourth-order valence-corrected chi connectivity index (χ4v) is 1.81. The van der Waals surface area contributed by atoms with Crippen molar-refractivity contribution in [1.82, 2.24) is 4.90 Å². The van der Waals surface area contributed by atoms with Gasteiger partial charge in [0, 0.05) is 26.1 Å². The maximum absolute atomic E-state index is 13.4. The molecule has 1 unspecified atom stereocenters. The number of benzene rings is 1. The van der Waals surface area contributed by atoms with E-state index in [1.165, 1.54) is 11.0 Å². The highest BCUT2D eigenvalue weighted by atomic mass is 19.1. The number of aromatic carboxylic acids is 1. The van der Waals surface area contributed by atoms with Gasteiger partial charge in [-0.05, 0) is 12.1 Å². The number of carbonyl (C=O) groups excluding carboxylic acids is 1. The molecule has 0 aromatic heterocycles. The summed E-state index contributed by atoms with van der Waals surface area (Å²) in [6.45, 7) is 0.596. The molecular formula is C12H12FNO4. The van der Waals surface area contributed by atoms with Gasteiger partial charge >= 0.3 is 5.97 Å². The fraction of sp³-hybridized carbons (Fsp3) is 0.333. The van der Waals surface area contributed by atoms with Gasteiger partial charge in [-0.2, -0.15) is 0 Å². The van der Waals surface area contributed by atoms with Gasteiger partial charge in [-0.1, -0.05) is 0 Å². The quantitative estimate of drug-likeness (QED) is 0.877. The van der Waals surface area contributed by atoms with Crippen molar-refractivity contribution in [3.8, 4) is 5.75 Å². The minimum Gasteiger partial charge on any atom is -0.480 e. The molecule has 1 aliphatic heterocycles. The largest absolute Gasteiger partial charge is 0.480 e. The van der Waals surface area contributed by atoms with E-state index in [1.807, 2.05) is 0 Å². The Labute approximate surface area is 103 Å². The molecule has 1 aromatic rings. The number of likely N-dealkylation sites (tertiary alicyclic amines) is 1. The van der Waals surface area contributed by atoms with Crippen molar-refractivity contribution in [3.63, 3.8) is 0 Å². The maximum Gasteiger partial charge on any atom is 0.338 e. The van der Waals surface area contributed by atoms with Crippen molar-refractivity contribution in [1.29, 1.82) is 0 Å². The van der Waals surface area contributed by atoms with Gasteiger partial charge in [-0.3, -0.25) is 4.79 Å². The van der Waals surface area contributed by atoms with E-state index in [-0.39, 0.29) is 11.7 Å². The predicted octanol–water partition coefficient (Wildman–Crippen LogP) is 1.13. The van der Waals surface area contributed by atoms with Crippen LogP contribution in [0.2, 0.25) is 0 Å². The van der Waals surface area contributed by atoms with E-state index in [0.717, 1.165) is 12.1 Å². The molecule has 0 radical (unpaired) electrons. The van der Waals surface area contributed by atoms with Gasteiger partial charge in [-0.25, -0.2) is 9.18 Å². The minimum absolute atomic E-state index is 0.155. The molecule has 1 heterocycles. The third-order valence-corrected chi connectivity index (χ3v) is 2.83. The highest BCUT2D eigenvalue weighted by Gasteiger charge is 2.30. The highest BCUT2D eigenvalue weighted by Crippen LogP contribution is 2.21. The summed E-state index contributed by atoms with van der Waals surface area (Å²) in [5, 5.41) is 8.68. The van der Waals surface area contributed by atoms with Gasteiger partial charge in [-0.15, -0.1) is 0 Å². The third-order valence-electron chi connectivity index (χ3n) is 2.83. The zero-order valence-corrected chi connectivity index (χ0v) is 9.72. The maximum atomic E-state index is 13.4. The van der Waals surface area contributed by atoms with Gasteiger partial charge in [0.2, 0.25) is 0 Å². The number of nitrogens with zero attached hydrogens (tertiary/aromatic N) is 1. The predicted molar refractivity (Wildman–Crippen MR) is 60.0 cm³/mol. The molecule has 18 heavy (non-hydrogen) atoms. The van der Waals surface area contributed by atoms with Crippen LogP contribution in [-0.4, -0.2) is 41.6 Å². The molecule has 1 atom stereocenters. The summed E-state index contributed by atoms with van der Waals surface area (Å²) in [5.74, 6) is -2.21. The molecule has 1 N–H and O–H groups in total. The van der Waals surface area contributed by atoms with Crippen LogP contribution in [0.5, 0.6) is 5.75 Å². The van der Waals surface area contributed by atoms with Crippen LogP contribution in [0, 0.1) is 5.82 Å². The second-order valence-electron chi connectivity index (χ2n) is 4.10. The van der Waals surface area contributed by atoms with E-state index in [2.05, 4.69) is 0 Å². The molecule has 0 spiro atoms. The topological polar surface area (TPSA) is 66.8 Å². The molecule has 1 amide bonds. The van der Waals surface area contributed by atoms with Crippen molar-refractivity contribution < 1.29 is 23.8 Å². The second-order valence-corrected chi connectivity index (χ2v) is 4.10. The molecule has 1 aromatic carbocycles. The molecule has 6 heteroatoms. The van der Waals surface area contributed by atoms with Crippen LogP contribution in [-0.2, 0) is 4.79 Å². The molecule has 1 saturated heterocycles. The Kier molecular flexibility index (Phi) is 3.18. The summed E-state index contributed by atoms with van der Waals surface area (Å²) in [6.07, 6.45) is -0.0810. The Bertz CT molecular complexity index is 503. The summed E-state index contributed by atoms with van der Waals surface area (Å²) in [7, 11) is 1.67. The number of amides is 1. The van der Waals surface area contributed by atoms with Crippen LogP contribution in [0.4, 0.5) is 4.39 Å². The zero-order chi connectivity index (χ0) is 13.3. The monoisotopic (exact) mass is 253 g/mol. The van der Waals surface area contributed by atoms with Gasteiger partial charge in [0.05, 0.1) is 5.56 Å². The Morgan fingerprint density at radius 1 is 1.56 bits per heavy atom. The molecule has 1 fully saturated rings.